The first-order chi connectivity index (χ1) is 20.8. The van der Waals surface area contributed by atoms with Gasteiger partial charge in [0.05, 0.1) is 34.8 Å². The average Bonchev–Trinajstić information content (AvgIpc) is 3.72. The topological polar surface area (TPSA) is 120 Å². The molecule has 0 radical (unpaired) electrons. The van der Waals surface area contributed by atoms with Crippen molar-refractivity contribution < 1.29 is 28.3 Å². The number of hydrogen-bond donors (Lipinski definition) is 0. The molecule has 0 saturated heterocycles. The maximum atomic E-state index is 14.2. The van der Waals surface area contributed by atoms with Crippen LogP contribution in [0.3, 0.4) is 0 Å². The highest BCUT2D eigenvalue weighted by Crippen LogP contribution is 2.35. The van der Waals surface area contributed by atoms with Crippen LogP contribution in [0.1, 0.15) is 41.6 Å². The van der Waals surface area contributed by atoms with Gasteiger partial charge in [-0.2, -0.15) is 0 Å². The first-order valence-corrected chi connectivity index (χ1v) is 14.3. The van der Waals surface area contributed by atoms with Gasteiger partial charge in [-0.1, -0.05) is 54.3 Å². The molecule has 2 aliphatic heterocycles. The Hall–Kier alpha value is -5.29. The zero-order chi connectivity index (χ0) is 30.2. The number of amides is 1. The summed E-state index contributed by atoms with van der Waals surface area (Å²) in [6.07, 6.45) is 2.82. The van der Waals surface area contributed by atoms with Crippen LogP contribution in [0.5, 0.6) is 5.75 Å². The van der Waals surface area contributed by atoms with E-state index in [0.717, 1.165) is 17.0 Å². The van der Waals surface area contributed by atoms with Gasteiger partial charge in [0.15, 0.2) is 4.80 Å². The molecule has 43 heavy (non-hydrogen) atoms. The van der Waals surface area contributed by atoms with E-state index in [1.54, 1.807) is 42.2 Å². The van der Waals surface area contributed by atoms with Crippen molar-refractivity contribution in [3.8, 4) is 5.75 Å². The second-order valence-corrected chi connectivity index (χ2v) is 10.6. The van der Waals surface area contributed by atoms with Crippen LogP contribution in [0.4, 0.5) is 5.69 Å². The van der Waals surface area contributed by atoms with Crippen molar-refractivity contribution in [2.45, 2.75) is 19.9 Å². The summed E-state index contributed by atoms with van der Waals surface area (Å²) < 4.78 is 17.5. The van der Waals surface area contributed by atoms with Crippen molar-refractivity contribution in [2.24, 2.45) is 4.99 Å². The van der Waals surface area contributed by atoms with Crippen LogP contribution in [-0.2, 0) is 14.3 Å². The summed E-state index contributed by atoms with van der Waals surface area (Å²) in [7, 11) is 0. The molecule has 0 spiro atoms. The highest BCUT2D eigenvalue weighted by Gasteiger charge is 2.37. The highest BCUT2D eigenvalue weighted by molar-refractivity contribution is 7.07. The fourth-order valence-electron chi connectivity index (χ4n) is 5.24. The number of hydrogen-bond acceptors (Lipinski definition) is 9. The molecule has 10 nitrogen and oxygen atoms in total. The number of rotatable bonds is 7. The number of aromatic nitrogens is 1. The van der Waals surface area contributed by atoms with Gasteiger partial charge in [-0.15, -0.1) is 0 Å². The molecule has 1 amide bonds. The molecular formula is C32H25N3O7S. The summed E-state index contributed by atoms with van der Waals surface area (Å²) in [6, 6.07) is 15.9. The molecule has 2 aliphatic rings. The third kappa shape index (κ3) is 4.73. The molecule has 11 heteroatoms. The summed E-state index contributed by atoms with van der Waals surface area (Å²) in [5.74, 6) is -1.30. The number of anilines is 1. The quantitative estimate of drug-likeness (QED) is 0.182. The van der Waals surface area contributed by atoms with Crippen LogP contribution in [0.25, 0.3) is 5.57 Å². The minimum Gasteiger partial charge on any atom is -0.458 e. The van der Waals surface area contributed by atoms with Crippen LogP contribution in [0.15, 0.2) is 105 Å². The van der Waals surface area contributed by atoms with Crippen LogP contribution in [0, 0.1) is 0 Å². The van der Waals surface area contributed by atoms with E-state index in [0.29, 0.717) is 33.7 Å². The maximum Gasteiger partial charge on any atom is 0.379 e. The summed E-state index contributed by atoms with van der Waals surface area (Å²) in [6.45, 7) is 7.56. The minimum atomic E-state index is -0.924. The van der Waals surface area contributed by atoms with Gasteiger partial charge < -0.3 is 18.8 Å². The average molecular weight is 596 g/mol. The fraction of sp³-hybridized carbons (Fsp3) is 0.156. The van der Waals surface area contributed by atoms with E-state index in [1.165, 1.54) is 23.0 Å². The molecule has 2 aromatic heterocycles. The Kier molecular flexibility index (Phi) is 7.24. The second kappa shape index (κ2) is 11.2. The predicted octanol–water partition coefficient (Wildman–Crippen LogP) is 3.51. The molecule has 4 aromatic rings. The number of nitrogens with zero attached hydrogens (tertiary/aromatic N) is 3. The summed E-state index contributed by atoms with van der Waals surface area (Å²) >= 11 is 1.10. The van der Waals surface area contributed by atoms with Crippen LogP contribution in [0.2, 0.25) is 0 Å². The number of fused-ring (bicyclic) bond motifs is 2. The molecule has 0 aliphatic carbocycles. The molecule has 216 valence electrons. The van der Waals surface area contributed by atoms with E-state index < -0.39 is 23.5 Å². The smallest absolute Gasteiger partial charge is 0.379 e. The lowest BCUT2D eigenvalue weighted by Crippen LogP contribution is -2.41. The number of likely N-dealkylation sites (N-methyl/N-ethyl adjacent to an activating group) is 1. The zero-order valence-electron chi connectivity index (χ0n) is 23.2. The Morgan fingerprint density at radius 1 is 1.07 bits per heavy atom. The largest absolute Gasteiger partial charge is 0.458 e. The number of carbonyl (C=O) groups excluding carboxylic acids is 3. The zero-order valence-corrected chi connectivity index (χ0v) is 24.1. The lowest BCUT2D eigenvalue weighted by molar-refractivity contribution is -0.138. The molecule has 0 N–H and O–H groups in total. The normalized spacial score (nSPS) is 16.8. The first-order valence-electron chi connectivity index (χ1n) is 13.4. The molecule has 4 heterocycles. The number of allylic oxidation sites excluding steroid dienone is 1. The van der Waals surface area contributed by atoms with Crippen LogP contribution >= 0.6 is 11.3 Å². The standard InChI is InChI=1S/C32H25N3O7S/c1-4-16-41-31(39)24-18(3)33-32-35(26(24)19-12-14-20(15-13-19)42-30(38)23-11-8-17-40-23)29(37)27(43-32)25-21-9-6-7-10-22(21)34(5-2)28(25)36/h4,6-15,17,26H,1,5,16H2,2-3H3/b27-25-/t26-/m0/s1. The van der Waals surface area contributed by atoms with Gasteiger partial charge in [-0.3, -0.25) is 14.2 Å². The first kappa shape index (κ1) is 27.9. The van der Waals surface area contributed by atoms with Gasteiger partial charge in [-0.25, -0.2) is 14.6 Å². The van der Waals surface area contributed by atoms with E-state index in [1.807, 2.05) is 31.2 Å². The number of carbonyl (C=O) groups is 3. The van der Waals surface area contributed by atoms with Crippen molar-refractivity contribution in [2.75, 3.05) is 18.1 Å². The minimum absolute atomic E-state index is 0.0310. The highest BCUT2D eigenvalue weighted by atomic mass is 32.1. The van der Waals surface area contributed by atoms with Gasteiger partial charge in [0.2, 0.25) is 5.76 Å². The van der Waals surface area contributed by atoms with Gasteiger partial charge in [-0.05, 0) is 49.7 Å². The Balaban J connectivity index is 1.50. The van der Waals surface area contributed by atoms with E-state index in [9.17, 15) is 19.2 Å². The number of para-hydroxylation sites is 1. The number of thiazole rings is 1. The van der Waals surface area contributed by atoms with Crippen molar-refractivity contribution in [1.29, 1.82) is 0 Å². The van der Waals surface area contributed by atoms with Crippen molar-refractivity contribution in [3.63, 3.8) is 0 Å². The molecular weight excluding hydrogens is 570 g/mol. The van der Waals surface area contributed by atoms with E-state index in [2.05, 4.69) is 11.6 Å². The maximum absolute atomic E-state index is 14.2. The van der Waals surface area contributed by atoms with E-state index in [4.69, 9.17) is 13.9 Å². The lowest BCUT2D eigenvalue weighted by atomic mass is 9.96. The number of furan rings is 1. The number of esters is 2. The van der Waals surface area contributed by atoms with Gasteiger partial charge in [0.25, 0.3) is 11.5 Å². The fourth-order valence-corrected chi connectivity index (χ4v) is 6.38. The second-order valence-electron chi connectivity index (χ2n) is 9.67. The summed E-state index contributed by atoms with van der Waals surface area (Å²) in [5, 5.41) is 0. The molecule has 0 saturated carbocycles. The SMILES string of the molecule is C=CCOC(=O)C1=C(C)N=c2s/c(=C3\C(=O)N(CC)c4ccccc43)c(=O)n2[C@H]1c1ccc(OC(=O)c2ccco2)cc1. The van der Waals surface area contributed by atoms with Gasteiger partial charge in [0.1, 0.15) is 16.9 Å². The molecule has 0 unspecified atom stereocenters. The Labute approximate surface area is 249 Å². The third-order valence-corrected chi connectivity index (χ3v) is 8.20. The Morgan fingerprint density at radius 3 is 2.53 bits per heavy atom. The number of ether oxygens (including phenoxy) is 2. The van der Waals surface area contributed by atoms with Gasteiger partial charge in [0, 0.05) is 12.1 Å². The molecule has 1 atom stereocenters. The van der Waals surface area contributed by atoms with Crippen LogP contribution in [-0.4, -0.2) is 35.6 Å². The molecule has 0 fully saturated rings. The molecule has 6 rings (SSSR count). The van der Waals surface area contributed by atoms with Crippen molar-refractivity contribution >= 4 is 40.4 Å². The van der Waals surface area contributed by atoms with Gasteiger partial charge >= 0.3 is 11.9 Å². The monoisotopic (exact) mass is 595 g/mol. The lowest BCUT2D eigenvalue weighted by Gasteiger charge is -2.24. The number of benzene rings is 2. The van der Waals surface area contributed by atoms with E-state index in [-0.39, 0.29) is 34.1 Å². The molecule has 0 bridgehead atoms. The summed E-state index contributed by atoms with van der Waals surface area (Å²) in [4.78, 5) is 60.0. The van der Waals surface area contributed by atoms with Crippen molar-refractivity contribution in [3.05, 3.63) is 127 Å². The third-order valence-electron chi connectivity index (χ3n) is 7.14. The van der Waals surface area contributed by atoms with Crippen molar-refractivity contribution in [1.82, 2.24) is 4.57 Å². The van der Waals surface area contributed by atoms with E-state index >= 15 is 0 Å². The Morgan fingerprint density at radius 2 is 1.84 bits per heavy atom. The Bertz CT molecular complexity index is 2000. The van der Waals surface area contributed by atoms with Crippen LogP contribution < -0.4 is 24.5 Å². The molecule has 2 aromatic carbocycles. The summed E-state index contributed by atoms with van der Waals surface area (Å²) in [5.41, 5.74) is 2.33. The predicted molar refractivity (Wildman–Crippen MR) is 158 cm³/mol.